The number of benzene rings is 1. The van der Waals surface area contributed by atoms with Gasteiger partial charge in [-0.1, -0.05) is 26.7 Å². The van der Waals surface area contributed by atoms with Crippen LogP contribution in [0.5, 0.6) is 0 Å². The lowest BCUT2D eigenvalue weighted by Gasteiger charge is -2.32. The van der Waals surface area contributed by atoms with Crippen molar-refractivity contribution in [2.45, 2.75) is 45.6 Å². The molecule has 0 heterocycles. The summed E-state index contributed by atoms with van der Waals surface area (Å²) in [4.78, 5) is 0. The standard InChI is InChI=1S/C15H20F3N/c1-9(2)10-4-3-5-11(6-10)19-12-7-13(16)15(18)14(17)8-12/h7-11,19H,3-6H2,1-2H3. The molecular weight excluding hydrogens is 251 g/mol. The SMILES string of the molecule is CC(C)C1CCCC(Nc2cc(F)c(F)c(F)c2)C1. The first-order valence-corrected chi connectivity index (χ1v) is 6.88. The average Bonchev–Trinajstić information content (AvgIpc) is 2.36. The minimum atomic E-state index is -1.41. The summed E-state index contributed by atoms with van der Waals surface area (Å²) in [5.41, 5.74) is 0.325. The van der Waals surface area contributed by atoms with E-state index in [4.69, 9.17) is 0 Å². The van der Waals surface area contributed by atoms with E-state index in [0.717, 1.165) is 31.4 Å². The van der Waals surface area contributed by atoms with Gasteiger partial charge in [0.2, 0.25) is 0 Å². The van der Waals surface area contributed by atoms with E-state index >= 15 is 0 Å². The molecule has 2 unspecified atom stereocenters. The van der Waals surface area contributed by atoms with Crippen molar-refractivity contribution in [3.05, 3.63) is 29.6 Å². The van der Waals surface area contributed by atoms with Crippen molar-refractivity contribution in [2.75, 3.05) is 5.32 Å². The fraction of sp³-hybridized carbons (Fsp3) is 0.600. The molecule has 1 aromatic rings. The van der Waals surface area contributed by atoms with Gasteiger partial charge in [0.1, 0.15) is 0 Å². The lowest BCUT2D eigenvalue weighted by Crippen LogP contribution is -2.29. The van der Waals surface area contributed by atoms with Crippen LogP contribution in [0, 0.1) is 29.3 Å². The molecule has 2 atom stereocenters. The second kappa shape index (κ2) is 5.85. The molecule has 106 valence electrons. The van der Waals surface area contributed by atoms with Gasteiger partial charge in [-0.15, -0.1) is 0 Å². The first-order chi connectivity index (χ1) is 8.97. The van der Waals surface area contributed by atoms with Gasteiger partial charge in [0.15, 0.2) is 17.5 Å². The van der Waals surface area contributed by atoms with E-state index in [1.54, 1.807) is 0 Å². The van der Waals surface area contributed by atoms with E-state index in [0.29, 0.717) is 17.5 Å². The van der Waals surface area contributed by atoms with Crippen molar-refractivity contribution < 1.29 is 13.2 Å². The zero-order chi connectivity index (χ0) is 14.0. The number of anilines is 1. The molecule has 4 heteroatoms. The van der Waals surface area contributed by atoms with Crippen LogP contribution in [0.25, 0.3) is 0 Å². The van der Waals surface area contributed by atoms with Crippen LogP contribution in [0.2, 0.25) is 0 Å². The van der Waals surface area contributed by atoms with Crippen molar-refractivity contribution in [1.82, 2.24) is 0 Å². The molecule has 1 aromatic carbocycles. The molecule has 2 rings (SSSR count). The summed E-state index contributed by atoms with van der Waals surface area (Å²) in [6.45, 7) is 4.40. The van der Waals surface area contributed by atoms with Crippen LogP contribution in [-0.4, -0.2) is 6.04 Å². The molecule has 1 aliphatic rings. The molecular formula is C15H20F3N. The normalized spacial score (nSPS) is 23.7. The van der Waals surface area contributed by atoms with E-state index in [1.807, 2.05) is 0 Å². The van der Waals surface area contributed by atoms with Crippen molar-refractivity contribution >= 4 is 5.69 Å². The first-order valence-electron chi connectivity index (χ1n) is 6.88. The minimum Gasteiger partial charge on any atom is -0.382 e. The number of halogens is 3. The lowest BCUT2D eigenvalue weighted by molar-refractivity contribution is 0.264. The van der Waals surface area contributed by atoms with Gasteiger partial charge in [0.05, 0.1) is 0 Å². The van der Waals surface area contributed by atoms with E-state index in [1.165, 1.54) is 6.42 Å². The Labute approximate surface area is 112 Å². The van der Waals surface area contributed by atoms with Gasteiger partial charge in [-0.3, -0.25) is 0 Å². The maximum atomic E-state index is 13.1. The Hall–Kier alpha value is -1.19. The molecule has 19 heavy (non-hydrogen) atoms. The van der Waals surface area contributed by atoms with Crippen LogP contribution in [0.1, 0.15) is 39.5 Å². The molecule has 0 spiro atoms. The van der Waals surface area contributed by atoms with Gasteiger partial charge in [-0.2, -0.15) is 0 Å². The largest absolute Gasteiger partial charge is 0.382 e. The topological polar surface area (TPSA) is 12.0 Å². The molecule has 0 aliphatic heterocycles. The monoisotopic (exact) mass is 271 g/mol. The summed E-state index contributed by atoms with van der Waals surface area (Å²) in [7, 11) is 0. The second-order valence-corrected chi connectivity index (χ2v) is 5.77. The van der Waals surface area contributed by atoms with Crippen LogP contribution in [0.3, 0.4) is 0 Å². The summed E-state index contributed by atoms with van der Waals surface area (Å²) >= 11 is 0. The smallest absolute Gasteiger partial charge is 0.194 e. The Balaban J connectivity index is 2.05. The highest BCUT2D eigenvalue weighted by Crippen LogP contribution is 2.31. The lowest BCUT2D eigenvalue weighted by atomic mass is 9.79. The predicted molar refractivity (Wildman–Crippen MR) is 70.5 cm³/mol. The van der Waals surface area contributed by atoms with Crippen molar-refractivity contribution in [3.63, 3.8) is 0 Å². The third-order valence-corrected chi connectivity index (χ3v) is 4.01. The van der Waals surface area contributed by atoms with E-state index < -0.39 is 17.5 Å². The molecule has 0 saturated heterocycles. The number of hydrogen-bond donors (Lipinski definition) is 1. The summed E-state index contributed by atoms with van der Waals surface area (Å²) in [5.74, 6) is -2.43. The molecule has 0 radical (unpaired) electrons. The fourth-order valence-electron chi connectivity index (χ4n) is 2.84. The van der Waals surface area contributed by atoms with Gasteiger partial charge >= 0.3 is 0 Å². The maximum absolute atomic E-state index is 13.1. The molecule has 1 N–H and O–H groups in total. The molecule has 1 nitrogen and oxygen atoms in total. The van der Waals surface area contributed by atoms with Gasteiger partial charge in [-0.25, -0.2) is 13.2 Å². The van der Waals surface area contributed by atoms with Crippen LogP contribution in [-0.2, 0) is 0 Å². The van der Waals surface area contributed by atoms with E-state index in [9.17, 15) is 13.2 Å². The van der Waals surface area contributed by atoms with Crippen LogP contribution in [0.4, 0.5) is 18.9 Å². The highest BCUT2D eigenvalue weighted by Gasteiger charge is 2.24. The molecule has 1 aliphatic carbocycles. The molecule has 0 amide bonds. The minimum absolute atomic E-state index is 0.213. The van der Waals surface area contributed by atoms with Gasteiger partial charge in [0, 0.05) is 23.9 Å². The third kappa shape index (κ3) is 3.43. The van der Waals surface area contributed by atoms with Gasteiger partial charge in [0.25, 0.3) is 0 Å². The maximum Gasteiger partial charge on any atom is 0.194 e. The van der Waals surface area contributed by atoms with Gasteiger partial charge in [-0.05, 0) is 24.7 Å². The molecule has 0 aromatic heterocycles. The van der Waals surface area contributed by atoms with Crippen molar-refractivity contribution in [1.29, 1.82) is 0 Å². The Kier molecular flexibility index (Phi) is 4.38. The Morgan fingerprint density at radius 3 is 2.32 bits per heavy atom. The summed E-state index contributed by atoms with van der Waals surface area (Å²) < 4.78 is 39.2. The Morgan fingerprint density at radius 2 is 1.74 bits per heavy atom. The molecule has 1 saturated carbocycles. The van der Waals surface area contributed by atoms with Gasteiger partial charge < -0.3 is 5.32 Å². The summed E-state index contributed by atoms with van der Waals surface area (Å²) in [6, 6.07) is 2.26. The molecule has 1 fully saturated rings. The second-order valence-electron chi connectivity index (χ2n) is 5.77. The third-order valence-electron chi connectivity index (χ3n) is 4.01. The van der Waals surface area contributed by atoms with E-state index in [2.05, 4.69) is 19.2 Å². The Bertz CT molecular complexity index is 422. The number of rotatable bonds is 3. The number of nitrogens with one attached hydrogen (secondary N) is 1. The zero-order valence-electron chi connectivity index (χ0n) is 11.3. The summed E-state index contributed by atoms with van der Waals surface area (Å²) in [5, 5.41) is 3.13. The predicted octanol–water partition coefficient (Wildman–Crippen LogP) is 4.73. The fourth-order valence-corrected chi connectivity index (χ4v) is 2.84. The Morgan fingerprint density at radius 1 is 1.11 bits per heavy atom. The van der Waals surface area contributed by atoms with Crippen molar-refractivity contribution in [2.24, 2.45) is 11.8 Å². The average molecular weight is 271 g/mol. The summed E-state index contributed by atoms with van der Waals surface area (Å²) in [6.07, 6.45) is 4.32. The highest BCUT2D eigenvalue weighted by molar-refractivity contribution is 5.45. The zero-order valence-corrected chi connectivity index (χ0v) is 11.3. The van der Waals surface area contributed by atoms with Crippen LogP contribution in [0.15, 0.2) is 12.1 Å². The van der Waals surface area contributed by atoms with Crippen LogP contribution < -0.4 is 5.32 Å². The van der Waals surface area contributed by atoms with Crippen molar-refractivity contribution in [3.8, 4) is 0 Å². The van der Waals surface area contributed by atoms with E-state index in [-0.39, 0.29) is 6.04 Å². The molecule has 0 bridgehead atoms. The first kappa shape index (κ1) is 14.2. The highest BCUT2D eigenvalue weighted by atomic mass is 19.2. The quantitative estimate of drug-likeness (QED) is 0.784. The van der Waals surface area contributed by atoms with Crippen LogP contribution >= 0.6 is 0 Å². The number of hydrogen-bond acceptors (Lipinski definition) is 1.